The van der Waals surface area contributed by atoms with Crippen LogP contribution in [-0.2, 0) is 16.8 Å². The molecule has 1 aliphatic rings. The van der Waals surface area contributed by atoms with Crippen LogP contribution in [0.1, 0.15) is 5.56 Å². The minimum Gasteiger partial charge on any atom is -0.195 e. The van der Waals surface area contributed by atoms with E-state index in [0.717, 1.165) is 10.0 Å². The molecule has 88 valence electrons. The maximum Gasteiger partial charge on any atom is 0.282 e. The number of nitrogens with zero attached hydrogens (tertiary/aromatic N) is 2. The summed E-state index contributed by atoms with van der Waals surface area (Å²) >= 11 is 3.37. The van der Waals surface area contributed by atoms with E-state index in [-0.39, 0.29) is 0 Å². The topological polar surface area (TPSA) is 40.4 Å². The average Bonchev–Trinajstić information content (AvgIpc) is 3.00. The first-order valence-electron chi connectivity index (χ1n) is 4.96. The maximum absolute atomic E-state index is 11.8. The van der Waals surface area contributed by atoms with E-state index in [1.807, 2.05) is 24.3 Å². The van der Waals surface area contributed by atoms with Crippen LogP contribution in [0.3, 0.4) is 0 Å². The van der Waals surface area contributed by atoms with Crippen molar-refractivity contribution in [3.63, 3.8) is 0 Å². The summed E-state index contributed by atoms with van der Waals surface area (Å²) in [4.78, 5) is 0. The van der Waals surface area contributed by atoms with E-state index < -0.39 is 10.2 Å². The molecule has 1 aromatic carbocycles. The van der Waals surface area contributed by atoms with Crippen molar-refractivity contribution in [2.24, 2.45) is 0 Å². The third-order valence-electron chi connectivity index (χ3n) is 2.42. The molecule has 1 fully saturated rings. The highest BCUT2D eigenvalue weighted by atomic mass is 79.9. The zero-order valence-electron chi connectivity index (χ0n) is 8.93. The van der Waals surface area contributed by atoms with Crippen molar-refractivity contribution < 1.29 is 8.42 Å². The highest BCUT2D eigenvalue weighted by Gasteiger charge is 2.34. The Kier molecular flexibility index (Phi) is 3.34. The van der Waals surface area contributed by atoms with Crippen molar-refractivity contribution in [3.05, 3.63) is 34.3 Å². The minimum absolute atomic E-state index is 0.401. The summed E-state index contributed by atoms with van der Waals surface area (Å²) in [5.74, 6) is 0. The highest BCUT2D eigenvalue weighted by Crippen LogP contribution is 2.19. The van der Waals surface area contributed by atoms with Crippen LogP contribution in [0.5, 0.6) is 0 Å². The van der Waals surface area contributed by atoms with Crippen LogP contribution < -0.4 is 0 Å². The van der Waals surface area contributed by atoms with E-state index in [1.165, 1.54) is 8.61 Å². The summed E-state index contributed by atoms with van der Waals surface area (Å²) in [7, 11) is -1.62. The van der Waals surface area contributed by atoms with E-state index in [2.05, 4.69) is 15.9 Å². The molecule has 0 aliphatic carbocycles. The molecule has 1 saturated heterocycles. The Morgan fingerprint density at radius 3 is 2.69 bits per heavy atom. The molecule has 0 N–H and O–H groups in total. The normalized spacial score (nSPS) is 16.7. The lowest BCUT2D eigenvalue weighted by Crippen LogP contribution is -2.31. The van der Waals surface area contributed by atoms with Crippen molar-refractivity contribution >= 4 is 26.1 Å². The van der Waals surface area contributed by atoms with Crippen molar-refractivity contribution in [1.82, 2.24) is 8.61 Å². The fourth-order valence-corrected chi connectivity index (χ4v) is 3.14. The van der Waals surface area contributed by atoms with Crippen molar-refractivity contribution in [2.75, 3.05) is 20.1 Å². The molecule has 1 heterocycles. The highest BCUT2D eigenvalue weighted by molar-refractivity contribution is 9.10. The third kappa shape index (κ3) is 2.63. The Labute approximate surface area is 104 Å². The molecule has 1 aromatic rings. The molecular weight excluding hydrogens is 292 g/mol. The second kappa shape index (κ2) is 4.44. The third-order valence-corrected chi connectivity index (χ3v) is 4.85. The fraction of sp³-hybridized carbons (Fsp3) is 0.400. The van der Waals surface area contributed by atoms with Crippen LogP contribution in [0.25, 0.3) is 0 Å². The standard InChI is InChI=1S/C10H13BrN2O2S/c1-12(16(14,15)13-5-6-13)8-9-3-2-4-10(11)7-9/h2-4,7H,5-6,8H2,1H3. The van der Waals surface area contributed by atoms with Crippen molar-refractivity contribution in [2.45, 2.75) is 6.54 Å². The lowest BCUT2D eigenvalue weighted by atomic mass is 10.2. The smallest absolute Gasteiger partial charge is 0.195 e. The van der Waals surface area contributed by atoms with Crippen LogP contribution in [0.4, 0.5) is 0 Å². The molecule has 0 radical (unpaired) electrons. The second-order valence-electron chi connectivity index (χ2n) is 3.79. The van der Waals surface area contributed by atoms with E-state index in [9.17, 15) is 8.42 Å². The molecule has 0 amide bonds. The monoisotopic (exact) mass is 304 g/mol. The van der Waals surface area contributed by atoms with Crippen LogP contribution >= 0.6 is 15.9 Å². The van der Waals surface area contributed by atoms with Gasteiger partial charge in [0.1, 0.15) is 0 Å². The quantitative estimate of drug-likeness (QED) is 0.790. The van der Waals surface area contributed by atoms with Gasteiger partial charge in [0.15, 0.2) is 0 Å². The lowest BCUT2D eigenvalue weighted by Gasteiger charge is -2.17. The zero-order chi connectivity index (χ0) is 11.8. The zero-order valence-corrected chi connectivity index (χ0v) is 11.3. The largest absolute Gasteiger partial charge is 0.282 e. The van der Waals surface area contributed by atoms with Gasteiger partial charge in [0.2, 0.25) is 0 Å². The summed E-state index contributed by atoms with van der Waals surface area (Å²) in [5, 5.41) is 0. The van der Waals surface area contributed by atoms with Gasteiger partial charge in [-0.05, 0) is 17.7 Å². The number of halogens is 1. The van der Waals surface area contributed by atoms with E-state index in [1.54, 1.807) is 7.05 Å². The van der Waals surface area contributed by atoms with Gasteiger partial charge in [-0.1, -0.05) is 28.1 Å². The molecule has 0 spiro atoms. The molecule has 16 heavy (non-hydrogen) atoms. The van der Waals surface area contributed by atoms with Gasteiger partial charge in [0.25, 0.3) is 10.2 Å². The summed E-state index contributed by atoms with van der Waals surface area (Å²) in [6.07, 6.45) is 0. The summed E-state index contributed by atoms with van der Waals surface area (Å²) < 4.78 is 27.4. The molecule has 0 atom stereocenters. The van der Waals surface area contributed by atoms with Crippen molar-refractivity contribution in [1.29, 1.82) is 0 Å². The Balaban J connectivity index is 2.10. The molecule has 0 aromatic heterocycles. The van der Waals surface area contributed by atoms with E-state index >= 15 is 0 Å². The Morgan fingerprint density at radius 1 is 1.44 bits per heavy atom. The summed E-state index contributed by atoms with van der Waals surface area (Å²) in [6, 6.07) is 7.66. The number of hydrogen-bond donors (Lipinski definition) is 0. The molecule has 4 nitrogen and oxygen atoms in total. The van der Waals surface area contributed by atoms with Crippen LogP contribution in [0, 0.1) is 0 Å². The first-order chi connectivity index (χ1) is 7.50. The van der Waals surface area contributed by atoms with E-state index in [0.29, 0.717) is 19.6 Å². The Morgan fingerprint density at radius 2 is 2.12 bits per heavy atom. The number of rotatable bonds is 4. The van der Waals surface area contributed by atoms with Gasteiger partial charge in [-0.2, -0.15) is 17.0 Å². The second-order valence-corrected chi connectivity index (χ2v) is 6.74. The van der Waals surface area contributed by atoms with Gasteiger partial charge in [-0.25, -0.2) is 0 Å². The van der Waals surface area contributed by atoms with Gasteiger partial charge in [-0.15, -0.1) is 0 Å². The van der Waals surface area contributed by atoms with Gasteiger partial charge in [0, 0.05) is 31.2 Å². The first-order valence-corrected chi connectivity index (χ1v) is 7.15. The summed E-state index contributed by atoms with van der Waals surface area (Å²) in [6.45, 7) is 1.69. The van der Waals surface area contributed by atoms with Gasteiger partial charge in [0.05, 0.1) is 0 Å². The van der Waals surface area contributed by atoms with E-state index in [4.69, 9.17) is 0 Å². The van der Waals surface area contributed by atoms with Gasteiger partial charge < -0.3 is 0 Å². The van der Waals surface area contributed by atoms with Gasteiger partial charge >= 0.3 is 0 Å². The maximum atomic E-state index is 11.8. The number of hydrogen-bond acceptors (Lipinski definition) is 2. The molecular formula is C10H13BrN2O2S. The predicted octanol–water partition coefficient (Wildman–Crippen LogP) is 1.44. The van der Waals surface area contributed by atoms with Crippen LogP contribution in [0.15, 0.2) is 28.7 Å². The van der Waals surface area contributed by atoms with Crippen LogP contribution in [-0.4, -0.2) is 37.2 Å². The van der Waals surface area contributed by atoms with Crippen LogP contribution in [0.2, 0.25) is 0 Å². The fourth-order valence-electron chi connectivity index (χ4n) is 1.44. The van der Waals surface area contributed by atoms with Crippen molar-refractivity contribution in [3.8, 4) is 0 Å². The molecule has 2 rings (SSSR count). The minimum atomic E-state index is -3.23. The Bertz CT molecular complexity index is 485. The van der Waals surface area contributed by atoms with Gasteiger partial charge in [-0.3, -0.25) is 0 Å². The number of benzene rings is 1. The molecule has 1 aliphatic heterocycles. The molecule has 0 saturated carbocycles. The molecule has 0 bridgehead atoms. The SMILES string of the molecule is CN(Cc1cccc(Br)c1)S(=O)(=O)N1CC1. The predicted molar refractivity (Wildman–Crippen MR) is 66.1 cm³/mol. The Hall–Kier alpha value is -0.430. The lowest BCUT2D eigenvalue weighted by molar-refractivity contribution is 0.439. The molecule has 6 heteroatoms. The first kappa shape index (κ1) is 12.0. The molecule has 0 unspecified atom stereocenters. The summed E-state index contributed by atoms with van der Waals surface area (Å²) in [5.41, 5.74) is 0.974. The average molecular weight is 305 g/mol.